The van der Waals surface area contributed by atoms with Crippen LogP contribution in [0.5, 0.6) is 0 Å². The van der Waals surface area contributed by atoms with Crippen molar-refractivity contribution in [3.05, 3.63) is 51.8 Å². The number of carbonyl (C=O) groups excluding carboxylic acids is 2. The van der Waals surface area contributed by atoms with Crippen molar-refractivity contribution >= 4 is 44.0 Å². The van der Waals surface area contributed by atoms with Gasteiger partial charge in [-0.05, 0) is 44.2 Å². The van der Waals surface area contributed by atoms with E-state index in [4.69, 9.17) is 4.74 Å². The standard InChI is InChI=1S/C21H22N2O5S2/c1-13-18(15-7-3-4-8-16(15)22-13)19(24)14(2)28-21(25)20-17(9-12-29-20)30(26,27)23-10-5-6-11-23/h3-4,7-9,12,14,22H,5-6,10-11H2,1-2H3/t14-/m0/s1. The summed E-state index contributed by atoms with van der Waals surface area (Å²) in [5, 5.41) is 2.31. The van der Waals surface area contributed by atoms with Gasteiger partial charge in [0.25, 0.3) is 0 Å². The van der Waals surface area contributed by atoms with Crippen LogP contribution < -0.4 is 0 Å². The molecule has 0 unspecified atom stereocenters. The summed E-state index contributed by atoms with van der Waals surface area (Å²) >= 11 is 1.00. The fraction of sp³-hybridized carbons (Fsp3) is 0.333. The van der Waals surface area contributed by atoms with Gasteiger partial charge in [0, 0.05) is 35.2 Å². The van der Waals surface area contributed by atoms with Crippen LogP contribution in [0.3, 0.4) is 0 Å². The monoisotopic (exact) mass is 446 g/mol. The van der Waals surface area contributed by atoms with Gasteiger partial charge in [-0.25, -0.2) is 13.2 Å². The lowest BCUT2D eigenvalue weighted by atomic mass is 10.0. The van der Waals surface area contributed by atoms with Crippen LogP contribution in [-0.4, -0.2) is 48.7 Å². The molecule has 0 spiro atoms. The number of benzene rings is 1. The highest BCUT2D eigenvalue weighted by atomic mass is 32.2. The first-order chi connectivity index (χ1) is 14.3. The van der Waals surface area contributed by atoms with Crippen LogP contribution in [0.2, 0.25) is 0 Å². The number of aromatic nitrogens is 1. The number of hydrogen-bond acceptors (Lipinski definition) is 6. The Labute approximate surface area is 178 Å². The molecule has 158 valence electrons. The molecule has 0 amide bonds. The molecule has 3 aromatic rings. The largest absolute Gasteiger partial charge is 0.450 e. The predicted molar refractivity (Wildman–Crippen MR) is 115 cm³/mol. The third kappa shape index (κ3) is 3.57. The van der Waals surface area contributed by atoms with Gasteiger partial charge in [0.1, 0.15) is 9.77 Å². The summed E-state index contributed by atoms with van der Waals surface area (Å²) in [4.78, 5) is 28.9. The molecule has 1 atom stereocenters. The number of ketones is 1. The number of Topliss-reactive ketones (excluding diaryl/α,β-unsaturated/α-hetero) is 1. The summed E-state index contributed by atoms with van der Waals surface area (Å²) < 4.78 is 32.5. The highest BCUT2D eigenvalue weighted by molar-refractivity contribution is 7.89. The van der Waals surface area contributed by atoms with E-state index in [0.717, 1.165) is 35.1 Å². The quantitative estimate of drug-likeness (QED) is 0.459. The number of thiophene rings is 1. The van der Waals surface area contributed by atoms with Crippen LogP contribution in [0.4, 0.5) is 0 Å². The van der Waals surface area contributed by atoms with E-state index in [9.17, 15) is 18.0 Å². The van der Waals surface area contributed by atoms with Crippen LogP contribution in [0.25, 0.3) is 10.9 Å². The number of rotatable bonds is 6. The fourth-order valence-corrected chi connectivity index (χ4v) is 6.57. The van der Waals surface area contributed by atoms with Crippen molar-refractivity contribution in [1.82, 2.24) is 9.29 Å². The average Bonchev–Trinajstić information content (AvgIpc) is 3.45. The first kappa shape index (κ1) is 20.8. The fourth-order valence-electron chi connectivity index (χ4n) is 3.78. The van der Waals surface area contributed by atoms with E-state index in [1.807, 2.05) is 24.3 Å². The van der Waals surface area contributed by atoms with Crippen LogP contribution >= 0.6 is 11.3 Å². The maximum absolute atomic E-state index is 13.0. The van der Waals surface area contributed by atoms with Gasteiger partial charge in [-0.15, -0.1) is 11.3 Å². The normalized spacial score (nSPS) is 16.1. The molecule has 0 bridgehead atoms. The smallest absolute Gasteiger partial charge is 0.350 e. The predicted octanol–water partition coefficient (Wildman–Crippen LogP) is 3.75. The minimum Gasteiger partial charge on any atom is -0.450 e. The Balaban J connectivity index is 1.57. The highest BCUT2D eigenvalue weighted by Gasteiger charge is 2.33. The molecular weight excluding hydrogens is 424 g/mol. The van der Waals surface area contributed by atoms with Crippen LogP contribution in [0.1, 0.15) is 45.5 Å². The van der Waals surface area contributed by atoms with Gasteiger partial charge < -0.3 is 9.72 Å². The number of carbonyl (C=O) groups is 2. The van der Waals surface area contributed by atoms with E-state index >= 15 is 0 Å². The number of nitrogens with one attached hydrogen (secondary N) is 1. The molecule has 1 aliphatic rings. The third-order valence-corrected chi connectivity index (χ3v) is 8.26. The molecule has 0 aliphatic carbocycles. The molecule has 1 aromatic carbocycles. The van der Waals surface area contributed by atoms with Gasteiger partial charge in [0.15, 0.2) is 6.10 Å². The third-order valence-electron chi connectivity index (χ3n) is 5.29. The Morgan fingerprint density at radius 1 is 1.17 bits per heavy atom. The minimum atomic E-state index is -3.75. The first-order valence-electron chi connectivity index (χ1n) is 9.71. The zero-order chi connectivity index (χ0) is 21.5. The second kappa shape index (κ2) is 7.98. The van der Waals surface area contributed by atoms with Crippen molar-refractivity contribution < 1.29 is 22.7 Å². The van der Waals surface area contributed by atoms with E-state index < -0.39 is 22.1 Å². The molecule has 1 fully saturated rings. The van der Waals surface area contributed by atoms with E-state index in [-0.39, 0.29) is 15.6 Å². The Morgan fingerprint density at radius 2 is 1.87 bits per heavy atom. The molecule has 0 saturated carbocycles. The zero-order valence-corrected chi connectivity index (χ0v) is 18.3. The summed E-state index contributed by atoms with van der Waals surface area (Å²) in [7, 11) is -3.75. The minimum absolute atomic E-state index is 0.00259. The number of sulfonamides is 1. The topological polar surface area (TPSA) is 96.5 Å². The molecule has 3 heterocycles. The molecule has 9 heteroatoms. The Hall–Kier alpha value is -2.49. The number of aryl methyl sites for hydroxylation is 1. The summed E-state index contributed by atoms with van der Waals surface area (Å²) in [5.74, 6) is -1.14. The molecule has 7 nitrogen and oxygen atoms in total. The van der Waals surface area contributed by atoms with E-state index in [2.05, 4.69) is 4.98 Å². The Bertz CT molecular complexity index is 1220. The van der Waals surface area contributed by atoms with Crippen molar-refractivity contribution in [2.24, 2.45) is 0 Å². The lowest BCUT2D eigenvalue weighted by Gasteiger charge is -2.16. The molecule has 4 rings (SSSR count). The van der Waals surface area contributed by atoms with Crippen molar-refractivity contribution in [3.63, 3.8) is 0 Å². The summed E-state index contributed by atoms with van der Waals surface area (Å²) in [6, 6.07) is 8.84. The number of aromatic amines is 1. The highest BCUT2D eigenvalue weighted by Crippen LogP contribution is 2.29. The number of fused-ring (bicyclic) bond motifs is 1. The first-order valence-corrected chi connectivity index (χ1v) is 12.0. The van der Waals surface area contributed by atoms with Gasteiger partial charge in [-0.1, -0.05) is 18.2 Å². The Kier molecular flexibility index (Phi) is 5.52. The number of nitrogens with zero attached hydrogens (tertiary/aromatic N) is 1. The molecule has 0 radical (unpaired) electrons. The molecule has 1 N–H and O–H groups in total. The van der Waals surface area contributed by atoms with Gasteiger partial charge in [-0.2, -0.15) is 4.31 Å². The molecular formula is C21H22N2O5S2. The molecule has 1 saturated heterocycles. The SMILES string of the molecule is Cc1[nH]c2ccccc2c1C(=O)[C@H](C)OC(=O)c1sccc1S(=O)(=O)N1CCCC1. The number of esters is 1. The second-order valence-electron chi connectivity index (χ2n) is 7.31. The number of hydrogen-bond donors (Lipinski definition) is 1. The molecule has 2 aromatic heterocycles. The summed E-state index contributed by atoms with van der Waals surface area (Å²) in [5.41, 5.74) is 1.99. The van der Waals surface area contributed by atoms with E-state index in [1.54, 1.807) is 12.3 Å². The van der Waals surface area contributed by atoms with Gasteiger partial charge in [0.2, 0.25) is 15.8 Å². The maximum atomic E-state index is 13.0. The van der Waals surface area contributed by atoms with Crippen molar-refractivity contribution in [2.75, 3.05) is 13.1 Å². The van der Waals surface area contributed by atoms with E-state index in [1.165, 1.54) is 17.3 Å². The zero-order valence-electron chi connectivity index (χ0n) is 16.7. The number of ether oxygens (including phenoxy) is 1. The van der Waals surface area contributed by atoms with Gasteiger partial charge >= 0.3 is 5.97 Å². The van der Waals surface area contributed by atoms with Crippen LogP contribution in [0, 0.1) is 6.92 Å². The molecule has 30 heavy (non-hydrogen) atoms. The van der Waals surface area contributed by atoms with Crippen molar-refractivity contribution in [3.8, 4) is 0 Å². The molecule has 1 aliphatic heterocycles. The number of H-pyrrole nitrogens is 1. The average molecular weight is 447 g/mol. The van der Waals surface area contributed by atoms with Crippen molar-refractivity contribution in [1.29, 1.82) is 0 Å². The van der Waals surface area contributed by atoms with Gasteiger partial charge in [0.05, 0.1) is 0 Å². The van der Waals surface area contributed by atoms with Gasteiger partial charge in [-0.3, -0.25) is 4.79 Å². The second-order valence-corrected chi connectivity index (χ2v) is 10.1. The lowest BCUT2D eigenvalue weighted by Crippen LogP contribution is -2.29. The van der Waals surface area contributed by atoms with Crippen LogP contribution in [0.15, 0.2) is 40.6 Å². The Morgan fingerprint density at radius 3 is 2.60 bits per heavy atom. The van der Waals surface area contributed by atoms with Crippen LogP contribution in [-0.2, 0) is 14.8 Å². The van der Waals surface area contributed by atoms with E-state index in [0.29, 0.717) is 24.3 Å². The summed E-state index contributed by atoms with van der Waals surface area (Å²) in [6.45, 7) is 4.19. The maximum Gasteiger partial charge on any atom is 0.350 e. The summed E-state index contributed by atoms with van der Waals surface area (Å²) in [6.07, 6.45) is 0.553. The van der Waals surface area contributed by atoms with Crippen molar-refractivity contribution in [2.45, 2.75) is 37.7 Å². The lowest BCUT2D eigenvalue weighted by molar-refractivity contribution is 0.0320. The number of para-hydroxylation sites is 1.